The van der Waals surface area contributed by atoms with Gasteiger partial charge in [0.25, 0.3) is 0 Å². The number of oxime groups is 1. The molecule has 0 saturated carbocycles. The predicted octanol–water partition coefficient (Wildman–Crippen LogP) is 5.77. The van der Waals surface area contributed by atoms with Gasteiger partial charge in [0.15, 0.2) is 22.4 Å². The number of nitrogens with zero attached hydrogens (tertiary/aromatic N) is 15. The van der Waals surface area contributed by atoms with Gasteiger partial charge in [0, 0.05) is 57.0 Å². The van der Waals surface area contributed by atoms with Crippen LogP contribution in [0.5, 0.6) is 0 Å². The molecule has 0 amide bonds. The van der Waals surface area contributed by atoms with Crippen LogP contribution in [0.3, 0.4) is 0 Å². The van der Waals surface area contributed by atoms with E-state index in [2.05, 4.69) is 71.0 Å². The largest absolute Gasteiger partial charge is 0.386 e. The SMILES string of the molecule is C.Clc1nc(Cl)c2cccn2n1.Clc1nc(N=C2CC3(CN4CCC3CC4)ON2)c2cccn2n1.NC1=NOC2(C1)CN1CCC2CC1.c1cc2c(N=C3CC4(CN5CCC4CC5)ON3)ncnn2c1. The van der Waals surface area contributed by atoms with Gasteiger partial charge in [-0.2, -0.15) is 10.1 Å². The first-order chi connectivity index (χ1) is 33.6. The van der Waals surface area contributed by atoms with Crippen LogP contribution < -0.4 is 16.7 Å². The summed E-state index contributed by atoms with van der Waals surface area (Å²) in [5.74, 6) is 5.54. The normalized spacial score (nSPS) is 33.1. The predicted molar refractivity (Wildman–Crippen MR) is 266 cm³/mol. The molecule has 24 heteroatoms. The molecule has 18 rings (SSSR count). The molecule has 0 aromatic carbocycles. The second kappa shape index (κ2) is 19.1. The molecule has 3 spiro atoms. The highest BCUT2D eigenvalue weighted by Crippen LogP contribution is 2.45. The third-order valence-corrected chi connectivity index (χ3v) is 16.0. The van der Waals surface area contributed by atoms with Crippen LogP contribution in [0.4, 0.5) is 11.6 Å². The number of rotatable bonds is 2. The zero-order valence-corrected chi connectivity index (χ0v) is 40.1. The Hall–Kier alpha value is -5.26. The quantitative estimate of drug-likeness (QED) is 0.188. The molecule has 370 valence electrons. The minimum Gasteiger partial charge on any atom is -0.386 e. The summed E-state index contributed by atoms with van der Waals surface area (Å²) in [4.78, 5) is 46.7. The van der Waals surface area contributed by atoms with E-state index in [1.165, 1.54) is 84.1 Å². The standard InChI is InChI=1S/C15H17ClN6O.C15H18N6O.C9H15N3O.C6H3Cl2N3.CH4/c16-14-18-13(11-2-1-5-22(11)19-14)17-12-8-15(23-20-12)9-21-6-3-10(15)4-7-21;1-2-12-14(16-10-17-21(12)5-1)18-13-8-15(22-19-13)9-20-6-3-11(15)4-7-20;10-8-5-9(13-11-8)6-12-3-1-7(9)2-4-12;7-5-4-2-1-3-11(4)10-6(8)9-5;/h1-2,5,10H,3-4,6-9H2,(H,17,18,19,20);1-2,5,10-11H,3-4,6-9H2,(H,16,17,18,19);7H,1-6H2,(H2,10,11);1-3H;1H4. The third kappa shape index (κ3) is 9.03. The number of hydroxylamine groups is 2. The van der Waals surface area contributed by atoms with Gasteiger partial charge >= 0.3 is 0 Å². The van der Waals surface area contributed by atoms with E-state index >= 15 is 0 Å². The highest BCUT2D eigenvalue weighted by molar-refractivity contribution is 6.34. The van der Waals surface area contributed by atoms with Crippen LogP contribution in [-0.2, 0) is 14.5 Å². The van der Waals surface area contributed by atoms with Crippen molar-refractivity contribution in [2.75, 3.05) is 58.9 Å². The molecule has 3 atom stereocenters. The van der Waals surface area contributed by atoms with Crippen molar-refractivity contribution in [1.29, 1.82) is 0 Å². The number of aliphatic imine (C=N–C) groups is 2. The fraction of sp³-hybridized carbons (Fsp3) is 0.543. The lowest BCUT2D eigenvalue weighted by molar-refractivity contribution is -0.150. The van der Waals surface area contributed by atoms with E-state index < -0.39 is 0 Å². The monoisotopic (exact) mass is 1010 g/mol. The van der Waals surface area contributed by atoms with Gasteiger partial charge in [-0.05, 0) is 149 Å². The maximum atomic E-state index is 6.02. The summed E-state index contributed by atoms with van der Waals surface area (Å²) in [6.07, 6.45) is 16.9. The van der Waals surface area contributed by atoms with Crippen molar-refractivity contribution < 1.29 is 14.5 Å². The van der Waals surface area contributed by atoms with Crippen molar-refractivity contribution in [3.8, 4) is 0 Å². The summed E-state index contributed by atoms with van der Waals surface area (Å²) in [5.41, 5.74) is 14.0. The number of aromatic nitrogens is 9. The molecule has 4 N–H and O–H groups in total. The molecule has 0 radical (unpaired) electrons. The van der Waals surface area contributed by atoms with Crippen LogP contribution >= 0.6 is 34.8 Å². The van der Waals surface area contributed by atoms with Crippen LogP contribution in [0.2, 0.25) is 15.7 Å². The van der Waals surface area contributed by atoms with E-state index in [0.29, 0.717) is 40.4 Å². The number of hydrogen-bond donors (Lipinski definition) is 3. The number of nitrogens with two attached hydrogens (primary N) is 1. The van der Waals surface area contributed by atoms with E-state index in [9.17, 15) is 0 Å². The zero-order chi connectivity index (χ0) is 46.7. The molecule has 11 saturated heterocycles. The highest BCUT2D eigenvalue weighted by Gasteiger charge is 2.54. The Labute approximate surface area is 419 Å². The fourth-order valence-electron chi connectivity index (χ4n) is 12.0. The van der Waals surface area contributed by atoms with E-state index in [-0.39, 0.29) is 34.8 Å². The highest BCUT2D eigenvalue weighted by atomic mass is 35.5. The first-order valence-electron chi connectivity index (χ1n) is 23.8. The summed E-state index contributed by atoms with van der Waals surface area (Å²) in [5, 5.41) is 16.8. The van der Waals surface area contributed by atoms with Crippen LogP contribution in [0.25, 0.3) is 16.6 Å². The third-order valence-electron chi connectivity index (χ3n) is 15.4. The van der Waals surface area contributed by atoms with E-state index in [0.717, 1.165) is 67.1 Å². The van der Waals surface area contributed by atoms with Gasteiger partial charge in [0.1, 0.15) is 51.6 Å². The number of halogens is 3. The Morgan fingerprint density at radius 1 is 0.600 bits per heavy atom. The van der Waals surface area contributed by atoms with Gasteiger partial charge in [-0.1, -0.05) is 24.2 Å². The fourth-order valence-corrected chi connectivity index (χ4v) is 12.6. The number of piperidine rings is 9. The number of nitrogens with one attached hydrogen (secondary N) is 2. The van der Waals surface area contributed by atoms with Crippen LogP contribution in [0, 0.1) is 17.8 Å². The molecule has 6 bridgehead atoms. The van der Waals surface area contributed by atoms with Gasteiger partial charge < -0.3 is 20.4 Å². The topological polar surface area (TPSA) is 215 Å². The van der Waals surface area contributed by atoms with Crippen molar-refractivity contribution in [3.05, 3.63) is 77.0 Å². The van der Waals surface area contributed by atoms with Crippen molar-refractivity contribution in [2.24, 2.45) is 38.6 Å². The van der Waals surface area contributed by atoms with Crippen LogP contribution in [0.15, 0.2) is 76.5 Å². The molecule has 18 heterocycles. The van der Waals surface area contributed by atoms with Crippen molar-refractivity contribution >= 4 is 80.5 Å². The molecule has 6 aromatic heterocycles. The van der Waals surface area contributed by atoms with Crippen molar-refractivity contribution in [1.82, 2.24) is 69.5 Å². The second-order valence-electron chi connectivity index (χ2n) is 19.5. The summed E-state index contributed by atoms with van der Waals surface area (Å²) in [6.45, 7) is 10.3. The Bertz CT molecular complexity index is 2960. The number of fused-ring (bicyclic) bond motifs is 9. The lowest BCUT2D eigenvalue weighted by Crippen LogP contribution is -2.59. The number of amidine groups is 3. The molecule has 0 aliphatic carbocycles. The van der Waals surface area contributed by atoms with Gasteiger partial charge in [0.05, 0.1) is 6.42 Å². The minimum atomic E-state index is -0.134. The Morgan fingerprint density at radius 2 is 1.07 bits per heavy atom. The molecule has 21 nitrogen and oxygen atoms in total. The first-order valence-corrected chi connectivity index (χ1v) is 24.9. The van der Waals surface area contributed by atoms with Gasteiger partial charge in [-0.25, -0.2) is 33.5 Å². The Morgan fingerprint density at radius 3 is 1.59 bits per heavy atom. The van der Waals surface area contributed by atoms with Gasteiger partial charge in [-0.3, -0.25) is 25.5 Å². The average molecular weight is 1020 g/mol. The summed E-state index contributed by atoms with van der Waals surface area (Å²) in [7, 11) is 0. The van der Waals surface area contributed by atoms with Crippen LogP contribution in [-0.4, -0.2) is 152 Å². The van der Waals surface area contributed by atoms with Crippen molar-refractivity contribution in [3.63, 3.8) is 0 Å². The average Bonchev–Trinajstić information content (AvgIpc) is 4.24. The zero-order valence-electron chi connectivity index (χ0n) is 37.9. The van der Waals surface area contributed by atoms with Gasteiger partial charge in [-0.15, -0.1) is 10.2 Å². The van der Waals surface area contributed by atoms with Crippen LogP contribution in [0.1, 0.15) is 65.2 Å². The minimum absolute atomic E-state index is 0. The molecule has 11 fully saturated rings. The van der Waals surface area contributed by atoms with E-state index in [1.807, 2.05) is 48.8 Å². The summed E-state index contributed by atoms with van der Waals surface area (Å²) < 4.78 is 5.05. The smallest absolute Gasteiger partial charge is 0.243 e. The lowest BCUT2D eigenvalue weighted by atomic mass is 9.74. The molecule has 12 aliphatic rings. The van der Waals surface area contributed by atoms with Crippen molar-refractivity contribution in [2.45, 2.75) is 82.0 Å². The molecule has 6 aromatic rings. The van der Waals surface area contributed by atoms with E-state index in [1.54, 1.807) is 19.7 Å². The Kier molecular flexibility index (Phi) is 12.8. The maximum Gasteiger partial charge on any atom is 0.243 e. The molecular weight excluding hydrogens is 959 g/mol. The number of hydrogen-bond acceptors (Lipinski definition) is 16. The molecule has 3 unspecified atom stereocenters. The van der Waals surface area contributed by atoms with E-state index in [4.69, 9.17) is 55.0 Å². The summed E-state index contributed by atoms with van der Waals surface area (Å²) >= 11 is 17.3. The first kappa shape index (κ1) is 47.1. The molecule has 12 aliphatic heterocycles. The Balaban J connectivity index is 0.000000106. The lowest BCUT2D eigenvalue weighted by Gasteiger charge is -2.49. The van der Waals surface area contributed by atoms with Gasteiger partial charge in [0.2, 0.25) is 10.6 Å². The summed E-state index contributed by atoms with van der Waals surface area (Å²) in [6, 6.07) is 11.4. The molecule has 70 heavy (non-hydrogen) atoms. The molecular formula is C46H57Cl3N18O3. The maximum absolute atomic E-state index is 6.02. The second-order valence-corrected chi connectivity index (χ2v) is 20.6.